The molecule has 0 aliphatic carbocycles. The average Bonchev–Trinajstić information content (AvgIpc) is 3.44. The van der Waals surface area contributed by atoms with Crippen molar-refractivity contribution in [3.05, 3.63) is 58.9 Å². The number of hydrogen-bond acceptors (Lipinski definition) is 4. The summed E-state index contributed by atoms with van der Waals surface area (Å²) in [4.78, 5) is 33.8. The molecule has 1 aromatic carbocycles. The van der Waals surface area contributed by atoms with Gasteiger partial charge in [-0.15, -0.1) is 6.42 Å². The predicted molar refractivity (Wildman–Crippen MR) is 113 cm³/mol. The molecule has 6 heteroatoms. The monoisotopic (exact) mass is 403 g/mol. The van der Waals surface area contributed by atoms with Crippen molar-refractivity contribution >= 4 is 11.8 Å². The van der Waals surface area contributed by atoms with E-state index in [1.165, 1.54) is 0 Å². The lowest BCUT2D eigenvalue weighted by Gasteiger charge is -2.29. The summed E-state index contributed by atoms with van der Waals surface area (Å²) < 4.78 is 0. The summed E-state index contributed by atoms with van der Waals surface area (Å²) in [6.07, 6.45) is 11.3. The minimum atomic E-state index is -0.0681. The molecule has 30 heavy (non-hydrogen) atoms. The summed E-state index contributed by atoms with van der Waals surface area (Å²) in [6.45, 7) is 3.79. The van der Waals surface area contributed by atoms with Crippen LogP contribution in [0.5, 0.6) is 5.75 Å². The first kappa shape index (κ1) is 20.0. The zero-order valence-electron chi connectivity index (χ0n) is 17.0. The van der Waals surface area contributed by atoms with Gasteiger partial charge in [-0.1, -0.05) is 12.0 Å². The third-order valence-corrected chi connectivity index (χ3v) is 6.22. The van der Waals surface area contributed by atoms with Crippen molar-refractivity contribution < 1.29 is 14.7 Å². The number of phenolic OH excluding ortho intramolecular Hbond substituents is 1. The standard InChI is InChI=1S/C24H25N3O3/c1-3-17-11-20(14-25-13-17)23(29)26-10-8-19(15-26)21-5-4-9-27(21)24(30)18-7-6-16(2)22(28)12-18/h1,6-7,11-14,19,21,28H,4-5,8-10,15H2,2H3. The van der Waals surface area contributed by atoms with Crippen molar-refractivity contribution in [2.75, 3.05) is 19.6 Å². The number of aryl methyl sites for hydroxylation is 1. The van der Waals surface area contributed by atoms with Crippen LogP contribution in [-0.4, -0.2) is 57.4 Å². The fourth-order valence-corrected chi connectivity index (χ4v) is 4.55. The molecule has 2 atom stereocenters. The van der Waals surface area contributed by atoms with Crippen LogP contribution in [0.25, 0.3) is 0 Å². The van der Waals surface area contributed by atoms with Crippen LogP contribution in [0, 0.1) is 25.2 Å². The number of nitrogens with zero attached hydrogens (tertiary/aromatic N) is 3. The van der Waals surface area contributed by atoms with Gasteiger partial charge in [0.2, 0.25) is 0 Å². The molecule has 1 aromatic heterocycles. The van der Waals surface area contributed by atoms with Crippen LogP contribution < -0.4 is 0 Å². The molecule has 0 bridgehead atoms. The van der Waals surface area contributed by atoms with E-state index in [2.05, 4.69) is 10.9 Å². The van der Waals surface area contributed by atoms with Crippen molar-refractivity contribution in [1.82, 2.24) is 14.8 Å². The Hall–Kier alpha value is -3.33. The number of amides is 2. The van der Waals surface area contributed by atoms with Crippen LogP contribution in [0.4, 0.5) is 0 Å². The van der Waals surface area contributed by atoms with Gasteiger partial charge in [0.15, 0.2) is 0 Å². The quantitative estimate of drug-likeness (QED) is 0.800. The summed E-state index contributed by atoms with van der Waals surface area (Å²) in [5, 5.41) is 9.98. The molecule has 2 saturated heterocycles. The maximum Gasteiger partial charge on any atom is 0.255 e. The summed E-state index contributed by atoms with van der Waals surface area (Å²) in [5.74, 6) is 2.77. The van der Waals surface area contributed by atoms with E-state index in [0.717, 1.165) is 24.8 Å². The molecule has 2 aromatic rings. The molecule has 2 aliphatic rings. The highest BCUT2D eigenvalue weighted by Crippen LogP contribution is 2.32. The van der Waals surface area contributed by atoms with E-state index < -0.39 is 0 Å². The molecule has 0 saturated carbocycles. The fraction of sp³-hybridized carbons (Fsp3) is 0.375. The molecule has 4 rings (SSSR count). The number of hydrogen-bond donors (Lipinski definition) is 1. The van der Waals surface area contributed by atoms with Crippen molar-refractivity contribution in [2.45, 2.75) is 32.2 Å². The number of pyridine rings is 1. The Morgan fingerprint density at radius 3 is 2.73 bits per heavy atom. The second kappa shape index (κ2) is 8.19. The number of likely N-dealkylation sites (tertiary alicyclic amines) is 2. The molecule has 2 amide bonds. The highest BCUT2D eigenvalue weighted by molar-refractivity contribution is 5.95. The van der Waals surface area contributed by atoms with Crippen molar-refractivity contribution in [3.63, 3.8) is 0 Å². The first-order valence-corrected chi connectivity index (χ1v) is 10.3. The Bertz CT molecular complexity index is 1030. The highest BCUT2D eigenvalue weighted by Gasteiger charge is 2.39. The molecule has 6 nitrogen and oxygen atoms in total. The van der Waals surface area contributed by atoms with Gasteiger partial charge in [-0.3, -0.25) is 14.6 Å². The van der Waals surface area contributed by atoms with Crippen LogP contribution in [0.15, 0.2) is 36.7 Å². The van der Waals surface area contributed by atoms with Crippen molar-refractivity contribution in [2.24, 2.45) is 5.92 Å². The molecule has 0 spiro atoms. The Kier molecular flexibility index (Phi) is 5.45. The Balaban J connectivity index is 1.46. The molecule has 154 valence electrons. The van der Waals surface area contributed by atoms with Crippen molar-refractivity contribution in [1.29, 1.82) is 0 Å². The lowest BCUT2D eigenvalue weighted by atomic mass is 9.96. The number of aromatic hydroxyl groups is 1. The van der Waals surface area contributed by atoms with E-state index >= 15 is 0 Å². The van der Waals surface area contributed by atoms with E-state index in [1.54, 1.807) is 43.6 Å². The fourth-order valence-electron chi connectivity index (χ4n) is 4.55. The lowest BCUT2D eigenvalue weighted by Crippen LogP contribution is -2.41. The van der Waals surface area contributed by atoms with Crippen LogP contribution in [0.2, 0.25) is 0 Å². The molecule has 1 N–H and O–H groups in total. The van der Waals surface area contributed by atoms with E-state index in [1.807, 2.05) is 9.80 Å². The smallest absolute Gasteiger partial charge is 0.255 e. The third-order valence-electron chi connectivity index (χ3n) is 6.22. The van der Waals surface area contributed by atoms with Gasteiger partial charge in [0.25, 0.3) is 11.8 Å². The van der Waals surface area contributed by atoms with Gasteiger partial charge in [0.05, 0.1) is 5.56 Å². The topological polar surface area (TPSA) is 73.7 Å². The van der Waals surface area contributed by atoms with Crippen LogP contribution >= 0.6 is 0 Å². The predicted octanol–water partition coefficient (Wildman–Crippen LogP) is 2.84. The van der Waals surface area contributed by atoms with Crippen LogP contribution in [0.3, 0.4) is 0 Å². The number of aromatic nitrogens is 1. The van der Waals surface area contributed by atoms with Gasteiger partial charge in [-0.2, -0.15) is 0 Å². The molecule has 2 aliphatic heterocycles. The Morgan fingerprint density at radius 2 is 1.97 bits per heavy atom. The summed E-state index contributed by atoms with van der Waals surface area (Å²) in [5.41, 5.74) is 2.34. The molecule has 3 heterocycles. The SMILES string of the molecule is C#Cc1cncc(C(=O)N2CCC(C3CCCN3C(=O)c3ccc(C)c(O)c3)C2)c1. The van der Waals surface area contributed by atoms with Gasteiger partial charge < -0.3 is 14.9 Å². The lowest BCUT2D eigenvalue weighted by molar-refractivity contribution is 0.0681. The Labute approximate surface area is 176 Å². The van der Waals surface area contributed by atoms with Crippen LogP contribution in [0.1, 0.15) is 51.1 Å². The van der Waals surface area contributed by atoms with Crippen molar-refractivity contribution in [3.8, 4) is 18.1 Å². The second-order valence-electron chi connectivity index (χ2n) is 8.12. The van der Waals surface area contributed by atoms with Gasteiger partial charge in [0, 0.05) is 49.2 Å². The number of phenols is 1. The largest absolute Gasteiger partial charge is 0.508 e. The zero-order valence-corrected chi connectivity index (χ0v) is 17.0. The van der Waals surface area contributed by atoms with Gasteiger partial charge >= 0.3 is 0 Å². The summed E-state index contributed by atoms with van der Waals surface area (Å²) in [6, 6.07) is 6.87. The average molecular weight is 403 g/mol. The van der Waals surface area contributed by atoms with E-state index in [-0.39, 0.29) is 29.5 Å². The van der Waals surface area contributed by atoms with Gasteiger partial charge in [0.1, 0.15) is 5.75 Å². The van der Waals surface area contributed by atoms with Gasteiger partial charge in [-0.25, -0.2) is 0 Å². The first-order chi connectivity index (χ1) is 14.5. The number of carbonyl (C=O) groups excluding carboxylic acids is 2. The maximum absolute atomic E-state index is 13.1. The first-order valence-electron chi connectivity index (χ1n) is 10.3. The van der Waals surface area contributed by atoms with Crippen LogP contribution in [-0.2, 0) is 0 Å². The number of carbonyl (C=O) groups is 2. The molecular formula is C24H25N3O3. The normalized spacial score (nSPS) is 20.9. The van der Waals surface area contributed by atoms with E-state index in [0.29, 0.717) is 36.3 Å². The van der Waals surface area contributed by atoms with E-state index in [9.17, 15) is 14.7 Å². The second-order valence-corrected chi connectivity index (χ2v) is 8.12. The maximum atomic E-state index is 13.1. The summed E-state index contributed by atoms with van der Waals surface area (Å²) >= 11 is 0. The summed E-state index contributed by atoms with van der Waals surface area (Å²) in [7, 11) is 0. The Morgan fingerprint density at radius 1 is 1.13 bits per heavy atom. The molecular weight excluding hydrogens is 378 g/mol. The van der Waals surface area contributed by atoms with E-state index in [4.69, 9.17) is 6.42 Å². The highest BCUT2D eigenvalue weighted by atomic mass is 16.3. The number of rotatable bonds is 3. The minimum Gasteiger partial charge on any atom is -0.508 e. The molecule has 2 unspecified atom stereocenters. The molecule has 0 radical (unpaired) electrons. The minimum absolute atomic E-state index is 0.0523. The van der Waals surface area contributed by atoms with Gasteiger partial charge in [-0.05, 0) is 55.9 Å². The zero-order chi connectivity index (χ0) is 21.3. The molecule has 2 fully saturated rings. The third kappa shape index (κ3) is 3.76. The number of terminal acetylenes is 1. The number of benzene rings is 1.